The molecule has 1 heterocycles. The number of anilines is 3. The first-order valence-corrected chi connectivity index (χ1v) is 19.3. The Balaban J connectivity index is 1.04. The van der Waals surface area contributed by atoms with Gasteiger partial charge in [0.15, 0.2) is 0 Å². The Kier molecular flexibility index (Phi) is 7.53. The van der Waals surface area contributed by atoms with Gasteiger partial charge < -0.3 is 9.47 Å². The average molecular weight is 713 g/mol. The van der Waals surface area contributed by atoms with Crippen LogP contribution in [0.3, 0.4) is 0 Å². The average Bonchev–Trinajstić information content (AvgIpc) is 3.60. The molecule has 0 bridgehead atoms. The van der Waals surface area contributed by atoms with Crippen molar-refractivity contribution >= 4 is 71.2 Å². The van der Waals surface area contributed by atoms with Crippen LogP contribution in [0.1, 0.15) is 0 Å². The predicted molar refractivity (Wildman–Crippen MR) is 239 cm³/mol. The van der Waals surface area contributed by atoms with Crippen molar-refractivity contribution < 1.29 is 0 Å². The number of hydrogen-bond acceptors (Lipinski definition) is 1. The largest absolute Gasteiger partial charge is 0.310 e. The van der Waals surface area contributed by atoms with Crippen LogP contribution in [0.25, 0.3) is 82.1 Å². The molecule has 1 aromatic heterocycles. The van der Waals surface area contributed by atoms with Crippen molar-refractivity contribution in [3.05, 3.63) is 218 Å². The highest BCUT2D eigenvalue weighted by atomic mass is 15.1. The van der Waals surface area contributed by atoms with Gasteiger partial charge in [-0.15, -0.1) is 0 Å². The monoisotopic (exact) mass is 712 g/mol. The minimum absolute atomic E-state index is 1.11. The molecule has 0 spiro atoms. The van der Waals surface area contributed by atoms with Gasteiger partial charge in [-0.05, 0) is 116 Å². The molecule has 11 aromatic rings. The quantitative estimate of drug-likeness (QED) is 0.167. The molecule has 0 saturated heterocycles. The summed E-state index contributed by atoms with van der Waals surface area (Å²) >= 11 is 0. The van der Waals surface area contributed by atoms with Crippen molar-refractivity contribution in [3.63, 3.8) is 0 Å². The van der Waals surface area contributed by atoms with Crippen LogP contribution in [0.15, 0.2) is 218 Å². The first-order valence-electron chi connectivity index (χ1n) is 19.3. The van der Waals surface area contributed by atoms with Gasteiger partial charge >= 0.3 is 0 Å². The minimum atomic E-state index is 1.11. The van der Waals surface area contributed by atoms with Crippen molar-refractivity contribution in [3.8, 4) is 27.9 Å². The predicted octanol–water partition coefficient (Wildman–Crippen LogP) is 15.0. The van der Waals surface area contributed by atoms with E-state index in [1.54, 1.807) is 0 Å². The zero-order valence-electron chi connectivity index (χ0n) is 30.7. The molecule has 2 heteroatoms. The Bertz CT molecular complexity index is 3240. The van der Waals surface area contributed by atoms with E-state index in [1.807, 2.05) is 0 Å². The van der Waals surface area contributed by atoms with Gasteiger partial charge in [-0.1, -0.05) is 152 Å². The number of rotatable bonds is 6. The van der Waals surface area contributed by atoms with Crippen LogP contribution in [0.4, 0.5) is 17.1 Å². The van der Waals surface area contributed by atoms with Gasteiger partial charge in [0.1, 0.15) is 0 Å². The van der Waals surface area contributed by atoms with E-state index in [2.05, 4.69) is 228 Å². The number of fused-ring (bicyclic) bond motifs is 6. The highest BCUT2D eigenvalue weighted by Crippen LogP contribution is 2.43. The summed E-state index contributed by atoms with van der Waals surface area (Å²) in [4.78, 5) is 2.43. The van der Waals surface area contributed by atoms with Crippen LogP contribution in [0, 0.1) is 0 Å². The Morgan fingerprint density at radius 1 is 0.286 bits per heavy atom. The molecule has 0 fully saturated rings. The lowest BCUT2D eigenvalue weighted by Crippen LogP contribution is -2.10. The Morgan fingerprint density at radius 2 is 0.821 bits per heavy atom. The van der Waals surface area contributed by atoms with Crippen LogP contribution < -0.4 is 4.90 Å². The summed E-state index contributed by atoms with van der Waals surface area (Å²) in [7, 11) is 0. The van der Waals surface area contributed by atoms with Gasteiger partial charge in [0.05, 0.1) is 16.7 Å². The van der Waals surface area contributed by atoms with Crippen molar-refractivity contribution in [2.45, 2.75) is 0 Å². The lowest BCUT2D eigenvalue weighted by molar-refractivity contribution is 1.18. The summed E-state index contributed by atoms with van der Waals surface area (Å²) in [5.41, 5.74) is 11.8. The van der Waals surface area contributed by atoms with E-state index in [-0.39, 0.29) is 0 Å². The fraction of sp³-hybridized carbons (Fsp3) is 0. The summed E-state index contributed by atoms with van der Waals surface area (Å²) in [5, 5.41) is 9.82. The van der Waals surface area contributed by atoms with Gasteiger partial charge in [-0.2, -0.15) is 0 Å². The second kappa shape index (κ2) is 13.2. The number of aromatic nitrogens is 1. The van der Waals surface area contributed by atoms with E-state index < -0.39 is 0 Å². The van der Waals surface area contributed by atoms with Crippen LogP contribution in [-0.2, 0) is 0 Å². The van der Waals surface area contributed by atoms with Crippen molar-refractivity contribution in [2.24, 2.45) is 0 Å². The third-order valence-corrected chi connectivity index (χ3v) is 11.3. The molecule has 0 amide bonds. The van der Waals surface area contributed by atoms with E-state index in [0.29, 0.717) is 0 Å². The second-order valence-electron chi connectivity index (χ2n) is 14.6. The Morgan fingerprint density at radius 3 is 1.61 bits per heavy atom. The normalized spacial score (nSPS) is 11.6. The molecule has 0 N–H and O–H groups in total. The summed E-state index contributed by atoms with van der Waals surface area (Å²) in [6, 6.07) is 79.6. The third kappa shape index (κ3) is 5.42. The Hall–Kier alpha value is -7.42. The molecule has 0 aliphatic heterocycles. The van der Waals surface area contributed by atoms with Gasteiger partial charge in [-0.3, -0.25) is 0 Å². The molecule has 11 rings (SSSR count). The second-order valence-corrected chi connectivity index (χ2v) is 14.6. The number of nitrogens with zero attached hydrogens (tertiary/aromatic N) is 2. The maximum atomic E-state index is 2.43. The standard InChI is InChI=1S/C54H36N2/c1-2-15-46(16-3-1)56-53-19-9-8-18-50(53)51-36-48(31-32-54(51)56)55(52-20-10-14-41-12-6-7-17-49(41)52)47-30-29-40-26-28-44(34-45(40)35-47)39-23-21-38(22-24-39)43-27-25-37-11-4-5-13-42(37)33-43/h1-36H. The number of benzene rings is 10. The smallest absolute Gasteiger partial charge is 0.0542 e. The highest BCUT2D eigenvalue weighted by molar-refractivity contribution is 6.11. The van der Waals surface area contributed by atoms with E-state index in [1.165, 1.54) is 76.4 Å². The molecule has 56 heavy (non-hydrogen) atoms. The summed E-state index contributed by atoms with van der Waals surface area (Å²) in [6.45, 7) is 0. The molecule has 0 atom stereocenters. The van der Waals surface area contributed by atoms with Crippen molar-refractivity contribution in [2.75, 3.05) is 4.90 Å². The van der Waals surface area contributed by atoms with Crippen LogP contribution in [0.2, 0.25) is 0 Å². The molecule has 0 aliphatic carbocycles. The van der Waals surface area contributed by atoms with Gasteiger partial charge in [0.25, 0.3) is 0 Å². The van der Waals surface area contributed by atoms with Gasteiger partial charge in [0.2, 0.25) is 0 Å². The fourth-order valence-corrected chi connectivity index (χ4v) is 8.56. The van der Waals surface area contributed by atoms with Crippen molar-refractivity contribution in [1.29, 1.82) is 0 Å². The zero-order valence-corrected chi connectivity index (χ0v) is 30.7. The maximum Gasteiger partial charge on any atom is 0.0542 e. The van der Waals surface area contributed by atoms with Crippen LogP contribution >= 0.6 is 0 Å². The summed E-state index contributed by atoms with van der Waals surface area (Å²) < 4.78 is 2.38. The number of hydrogen-bond donors (Lipinski definition) is 0. The molecular formula is C54H36N2. The molecule has 0 saturated carbocycles. The van der Waals surface area contributed by atoms with Crippen LogP contribution in [0.5, 0.6) is 0 Å². The maximum absolute atomic E-state index is 2.43. The van der Waals surface area contributed by atoms with Gasteiger partial charge in [-0.25, -0.2) is 0 Å². The highest BCUT2D eigenvalue weighted by Gasteiger charge is 2.19. The van der Waals surface area contributed by atoms with Crippen molar-refractivity contribution in [1.82, 2.24) is 4.57 Å². The topological polar surface area (TPSA) is 8.17 Å². The van der Waals surface area contributed by atoms with E-state index in [0.717, 1.165) is 22.7 Å². The number of para-hydroxylation sites is 2. The van der Waals surface area contributed by atoms with E-state index in [9.17, 15) is 0 Å². The molecule has 0 unspecified atom stereocenters. The lowest BCUT2D eigenvalue weighted by Gasteiger charge is -2.27. The molecule has 10 aromatic carbocycles. The lowest BCUT2D eigenvalue weighted by atomic mass is 9.97. The summed E-state index contributed by atoms with van der Waals surface area (Å²) in [6.07, 6.45) is 0. The first kappa shape index (κ1) is 32.0. The van der Waals surface area contributed by atoms with E-state index >= 15 is 0 Å². The molecular weight excluding hydrogens is 677 g/mol. The Labute approximate surface area is 325 Å². The first-order chi connectivity index (χ1) is 27.7. The minimum Gasteiger partial charge on any atom is -0.310 e. The molecule has 0 aliphatic rings. The summed E-state index contributed by atoms with van der Waals surface area (Å²) in [5.74, 6) is 0. The molecule has 2 nitrogen and oxygen atoms in total. The third-order valence-electron chi connectivity index (χ3n) is 11.3. The molecule has 262 valence electrons. The van der Waals surface area contributed by atoms with E-state index in [4.69, 9.17) is 0 Å². The van der Waals surface area contributed by atoms with Crippen LogP contribution in [-0.4, -0.2) is 4.57 Å². The molecule has 0 radical (unpaired) electrons. The SMILES string of the molecule is c1ccc(-n2c3ccccc3c3cc(N(c4ccc5ccc(-c6ccc(-c7ccc8ccccc8c7)cc6)cc5c4)c4cccc5ccccc45)ccc32)cc1. The fourth-order valence-electron chi connectivity index (χ4n) is 8.56. The van der Waals surface area contributed by atoms with Gasteiger partial charge in [0, 0.05) is 33.2 Å². The zero-order chi connectivity index (χ0) is 37.0.